The van der Waals surface area contributed by atoms with Crippen LogP contribution in [0.25, 0.3) is 0 Å². The van der Waals surface area contributed by atoms with Crippen molar-refractivity contribution in [2.24, 2.45) is 0 Å². The average Bonchev–Trinajstić information content (AvgIpc) is 2.19. The number of hydrogen-bond acceptors (Lipinski definition) is 3. The van der Waals surface area contributed by atoms with Crippen LogP contribution in [-0.2, 0) is 10.2 Å². The van der Waals surface area contributed by atoms with Crippen LogP contribution in [0.3, 0.4) is 0 Å². The van der Waals surface area contributed by atoms with Crippen molar-refractivity contribution in [2.45, 2.75) is 32.7 Å². The normalized spacial score (nSPS) is 19.7. The third-order valence-electron chi connectivity index (χ3n) is 2.66. The second kappa shape index (κ2) is 5.79. The summed E-state index contributed by atoms with van der Waals surface area (Å²) in [5.74, 6) is 0. The van der Waals surface area contributed by atoms with E-state index in [1.165, 1.54) is 0 Å². The highest BCUT2D eigenvalue weighted by Crippen LogP contribution is 2.14. The molecule has 0 amide bonds. The lowest BCUT2D eigenvalue weighted by molar-refractivity contribution is 0.268. The summed E-state index contributed by atoms with van der Waals surface area (Å²) >= 11 is 0. The van der Waals surface area contributed by atoms with E-state index in [-0.39, 0.29) is 6.04 Å². The first-order valence-electron chi connectivity index (χ1n) is 5.59. The van der Waals surface area contributed by atoms with Gasteiger partial charge in [0.1, 0.15) is 0 Å². The summed E-state index contributed by atoms with van der Waals surface area (Å²) in [7, 11) is -3.27. The maximum atomic E-state index is 11.9. The number of nitrogens with one attached hydrogen (secondary N) is 2. The van der Waals surface area contributed by atoms with E-state index in [2.05, 4.69) is 10.0 Å². The lowest BCUT2D eigenvalue weighted by Crippen LogP contribution is -2.50. The van der Waals surface area contributed by atoms with Crippen molar-refractivity contribution >= 4 is 10.2 Å². The molecule has 0 saturated carbocycles. The van der Waals surface area contributed by atoms with Crippen molar-refractivity contribution in [3.05, 3.63) is 0 Å². The average molecular weight is 235 g/mol. The van der Waals surface area contributed by atoms with Gasteiger partial charge in [0.25, 0.3) is 10.2 Å². The molecule has 6 heteroatoms. The smallest absolute Gasteiger partial charge is 0.279 e. The summed E-state index contributed by atoms with van der Waals surface area (Å²) in [5, 5.41) is 3.24. The van der Waals surface area contributed by atoms with Crippen molar-refractivity contribution < 1.29 is 8.42 Å². The second-order valence-corrected chi connectivity index (χ2v) is 5.40. The van der Waals surface area contributed by atoms with E-state index in [0.717, 1.165) is 25.9 Å². The molecule has 5 nitrogen and oxygen atoms in total. The van der Waals surface area contributed by atoms with Crippen LogP contribution in [0, 0.1) is 0 Å². The SMILES string of the molecule is CCNS(=O)(=O)N(CC)C1CCNCC1. The fourth-order valence-electron chi connectivity index (χ4n) is 1.98. The van der Waals surface area contributed by atoms with E-state index < -0.39 is 10.2 Å². The van der Waals surface area contributed by atoms with Gasteiger partial charge in [-0.05, 0) is 25.9 Å². The van der Waals surface area contributed by atoms with E-state index in [0.29, 0.717) is 13.1 Å². The van der Waals surface area contributed by atoms with Gasteiger partial charge in [-0.15, -0.1) is 0 Å². The Hall–Kier alpha value is -0.170. The first-order valence-corrected chi connectivity index (χ1v) is 7.03. The van der Waals surface area contributed by atoms with Crippen LogP contribution < -0.4 is 10.0 Å². The Labute approximate surface area is 92.4 Å². The van der Waals surface area contributed by atoms with Gasteiger partial charge in [0.05, 0.1) is 0 Å². The molecule has 1 heterocycles. The molecule has 0 unspecified atom stereocenters. The summed E-state index contributed by atoms with van der Waals surface area (Å²) in [5.41, 5.74) is 0. The van der Waals surface area contributed by atoms with E-state index in [4.69, 9.17) is 0 Å². The van der Waals surface area contributed by atoms with Gasteiger partial charge in [0.15, 0.2) is 0 Å². The van der Waals surface area contributed by atoms with Crippen molar-refractivity contribution in [3.8, 4) is 0 Å². The standard InChI is InChI=1S/C9H21N3O2S/c1-3-11-15(13,14)12(4-2)9-5-7-10-8-6-9/h9-11H,3-8H2,1-2H3. The zero-order valence-electron chi connectivity index (χ0n) is 9.49. The summed E-state index contributed by atoms with van der Waals surface area (Å²) in [6.07, 6.45) is 1.80. The quantitative estimate of drug-likeness (QED) is 0.700. The molecule has 90 valence electrons. The maximum absolute atomic E-state index is 11.9. The van der Waals surface area contributed by atoms with E-state index in [9.17, 15) is 8.42 Å². The van der Waals surface area contributed by atoms with Crippen molar-refractivity contribution in [3.63, 3.8) is 0 Å². The minimum Gasteiger partial charge on any atom is -0.317 e. The minimum atomic E-state index is -3.27. The molecule has 15 heavy (non-hydrogen) atoms. The lowest BCUT2D eigenvalue weighted by Gasteiger charge is -2.32. The van der Waals surface area contributed by atoms with Crippen LogP contribution in [-0.4, -0.2) is 44.9 Å². The molecule has 1 aliphatic rings. The van der Waals surface area contributed by atoms with E-state index >= 15 is 0 Å². The zero-order valence-corrected chi connectivity index (χ0v) is 10.3. The highest BCUT2D eigenvalue weighted by molar-refractivity contribution is 7.87. The third-order valence-corrected chi connectivity index (χ3v) is 4.49. The van der Waals surface area contributed by atoms with Crippen molar-refractivity contribution in [2.75, 3.05) is 26.2 Å². The third kappa shape index (κ3) is 3.41. The monoisotopic (exact) mass is 235 g/mol. The first kappa shape index (κ1) is 12.9. The molecule has 0 atom stereocenters. The van der Waals surface area contributed by atoms with Crippen LogP contribution in [0.5, 0.6) is 0 Å². The molecular formula is C9H21N3O2S. The Morgan fingerprint density at radius 1 is 1.33 bits per heavy atom. The van der Waals surface area contributed by atoms with Crippen LogP contribution in [0.15, 0.2) is 0 Å². The lowest BCUT2D eigenvalue weighted by atomic mass is 10.1. The van der Waals surface area contributed by atoms with Crippen LogP contribution in [0.2, 0.25) is 0 Å². The van der Waals surface area contributed by atoms with Crippen LogP contribution >= 0.6 is 0 Å². The van der Waals surface area contributed by atoms with Gasteiger partial charge in [0.2, 0.25) is 0 Å². The first-order chi connectivity index (χ1) is 7.11. The van der Waals surface area contributed by atoms with Gasteiger partial charge in [-0.1, -0.05) is 13.8 Å². The van der Waals surface area contributed by atoms with Crippen LogP contribution in [0.4, 0.5) is 0 Å². The molecule has 0 bridgehead atoms. The highest BCUT2D eigenvalue weighted by atomic mass is 32.2. The number of piperidine rings is 1. The number of rotatable bonds is 5. The Morgan fingerprint density at radius 2 is 1.93 bits per heavy atom. The topological polar surface area (TPSA) is 61.4 Å². The Kier molecular flexibility index (Phi) is 4.98. The van der Waals surface area contributed by atoms with Gasteiger partial charge in [-0.3, -0.25) is 0 Å². The molecule has 1 rings (SSSR count). The van der Waals surface area contributed by atoms with Gasteiger partial charge < -0.3 is 5.32 Å². The van der Waals surface area contributed by atoms with Crippen molar-refractivity contribution in [1.29, 1.82) is 0 Å². The van der Waals surface area contributed by atoms with Gasteiger partial charge in [0, 0.05) is 19.1 Å². The molecule has 2 N–H and O–H groups in total. The zero-order chi connectivity index (χ0) is 11.3. The fraction of sp³-hybridized carbons (Fsp3) is 1.00. The van der Waals surface area contributed by atoms with Gasteiger partial charge in [-0.2, -0.15) is 12.7 Å². The summed E-state index contributed by atoms with van der Waals surface area (Å²) < 4.78 is 27.8. The molecule has 1 saturated heterocycles. The van der Waals surface area contributed by atoms with E-state index in [1.807, 2.05) is 6.92 Å². The predicted octanol–water partition coefficient (Wildman–Crippen LogP) is -0.0854. The fourth-order valence-corrected chi connectivity index (χ4v) is 3.46. The molecule has 1 aliphatic heterocycles. The molecule has 0 spiro atoms. The van der Waals surface area contributed by atoms with Crippen molar-refractivity contribution in [1.82, 2.24) is 14.3 Å². The van der Waals surface area contributed by atoms with Gasteiger partial charge in [-0.25, -0.2) is 4.72 Å². The molecule has 0 radical (unpaired) electrons. The molecule has 0 aromatic rings. The molecule has 0 aromatic carbocycles. The largest absolute Gasteiger partial charge is 0.317 e. The van der Waals surface area contributed by atoms with Crippen LogP contribution in [0.1, 0.15) is 26.7 Å². The maximum Gasteiger partial charge on any atom is 0.279 e. The van der Waals surface area contributed by atoms with E-state index in [1.54, 1.807) is 11.2 Å². The molecular weight excluding hydrogens is 214 g/mol. The number of hydrogen-bond donors (Lipinski definition) is 2. The van der Waals surface area contributed by atoms with Gasteiger partial charge >= 0.3 is 0 Å². The number of nitrogens with zero attached hydrogens (tertiary/aromatic N) is 1. The molecule has 0 aromatic heterocycles. The summed E-state index contributed by atoms with van der Waals surface area (Å²) in [6.45, 7) is 6.49. The molecule has 0 aliphatic carbocycles. The second-order valence-electron chi connectivity index (χ2n) is 3.69. The Morgan fingerprint density at radius 3 is 2.40 bits per heavy atom. The minimum absolute atomic E-state index is 0.153. The highest BCUT2D eigenvalue weighted by Gasteiger charge is 2.28. The molecule has 1 fully saturated rings. The summed E-state index contributed by atoms with van der Waals surface area (Å²) in [6, 6.07) is 0.153. The Balaban J connectivity index is 2.68. The summed E-state index contributed by atoms with van der Waals surface area (Å²) in [4.78, 5) is 0. The predicted molar refractivity (Wildman–Crippen MR) is 60.9 cm³/mol. The Bertz CT molecular complexity index is 273.